The number of aryl methyl sites for hydroxylation is 1. The molecule has 0 radical (unpaired) electrons. The van der Waals surface area contributed by atoms with Gasteiger partial charge in [0.05, 0.1) is 11.8 Å². The number of aromatic nitrogens is 6. The van der Waals surface area contributed by atoms with Crippen LogP contribution in [0.2, 0.25) is 0 Å². The van der Waals surface area contributed by atoms with Gasteiger partial charge in [0, 0.05) is 47.7 Å². The highest BCUT2D eigenvalue weighted by atomic mass is 19.1. The van der Waals surface area contributed by atoms with Crippen molar-refractivity contribution in [2.24, 2.45) is 7.05 Å². The van der Waals surface area contributed by atoms with Crippen LogP contribution < -0.4 is 0 Å². The van der Waals surface area contributed by atoms with Crippen molar-refractivity contribution < 1.29 is 13.9 Å². The summed E-state index contributed by atoms with van der Waals surface area (Å²) in [6.07, 6.45) is 7.11. The zero-order valence-electron chi connectivity index (χ0n) is 16.2. The van der Waals surface area contributed by atoms with Gasteiger partial charge < -0.3 is 14.5 Å². The van der Waals surface area contributed by atoms with E-state index in [-0.39, 0.29) is 17.3 Å². The van der Waals surface area contributed by atoms with Gasteiger partial charge in [-0.3, -0.25) is 4.68 Å². The highest BCUT2D eigenvalue weighted by Gasteiger charge is 2.35. The molecule has 150 valence electrons. The van der Waals surface area contributed by atoms with Crippen molar-refractivity contribution in [1.29, 1.82) is 0 Å². The molecule has 9 heteroatoms. The van der Waals surface area contributed by atoms with Crippen molar-refractivity contribution in [3.8, 4) is 22.6 Å². The van der Waals surface area contributed by atoms with Gasteiger partial charge in [-0.05, 0) is 19.1 Å². The van der Waals surface area contributed by atoms with Crippen molar-refractivity contribution in [2.75, 3.05) is 0 Å². The van der Waals surface area contributed by atoms with Crippen LogP contribution in [-0.4, -0.2) is 35.1 Å². The van der Waals surface area contributed by atoms with Gasteiger partial charge in [-0.2, -0.15) is 5.10 Å². The summed E-state index contributed by atoms with van der Waals surface area (Å²) in [5.74, 6) is -0.467. The molecule has 0 aliphatic carbocycles. The molecule has 8 nitrogen and oxygen atoms in total. The first-order valence-electron chi connectivity index (χ1n) is 9.21. The van der Waals surface area contributed by atoms with Crippen molar-refractivity contribution in [3.05, 3.63) is 72.4 Å². The molecule has 0 amide bonds. The van der Waals surface area contributed by atoms with Gasteiger partial charge >= 0.3 is 0 Å². The van der Waals surface area contributed by atoms with E-state index in [1.165, 1.54) is 19.1 Å². The maximum atomic E-state index is 14.2. The van der Waals surface area contributed by atoms with Crippen LogP contribution in [0.1, 0.15) is 18.4 Å². The molecule has 0 saturated heterocycles. The average Bonchev–Trinajstić information content (AvgIpc) is 3.46. The number of aliphatic hydroxyl groups is 1. The topological polar surface area (TPSA) is 106 Å². The molecule has 4 aromatic heterocycles. The number of nitrogens with zero attached hydrogens (tertiary/aromatic N) is 5. The Labute approximate surface area is 170 Å². The first kappa shape index (κ1) is 18.2. The van der Waals surface area contributed by atoms with Gasteiger partial charge in [-0.25, -0.2) is 9.37 Å². The first-order valence-corrected chi connectivity index (χ1v) is 9.21. The third-order valence-corrected chi connectivity index (χ3v) is 5.04. The number of aromatic amines is 1. The molecule has 1 atom stereocenters. The van der Waals surface area contributed by atoms with Crippen molar-refractivity contribution in [3.63, 3.8) is 0 Å². The fourth-order valence-electron chi connectivity index (χ4n) is 3.41. The molecule has 0 fully saturated rings. The van der Waals surface area contributed by atoms with Crippen LogP contribution in [0.15, 0.2) is 59.5 Å². The van der Waals surface area contributed by atoms with Crippen LogP contribution in [0.5, 0.6) is 0 Å². The van der Waals surface area contributed by atoms with Crippen molar-refractivity contribution in [1.82, 2.24) is 29.9 Å². The quantitative estimate of drug-likeness (QED) is 0.476. The Morgan fingerprint density at radius 3 is 2.77 bits per heavy atom. The lowest BCUT2D eigenvalue weighted by atomic mass is 9.95. The fraction of sp³-hybridized carbons (Fsp3) is 0.143. The monoisotopic (exact) mass is 404 g/mol. The number of nitrogens with one attached hydrogen (secondary N) is 1. The molecule has 0 aliphatic rings. The maximum Gasteiger partial charge on any atom is 0.252 e. The summed E-state index contributed by atoms with van der Waals surface area (Å²) < 4.78 is 21.7. The number of hydrogen-bond acceptors (Lipinski definition) is 6. The Balaban J connectivity index is 1.57. The van der Waals surface area contributed by atoms with Gasteiger partial charge in [0.1, 0.15) is 11.5 Å². The van der Waals surface area contributed by atoms with Crippen LogP contribution in [0, 0.1) is 5.82 Å². The van der Waals surface area contributed by atoms with E-state index in [0.717, 1.165) is 16.5 Å². The summed E-state index contributed by atoms with van der Waals surface area (Å²) in [6.45, 7) is 1.42. The molecule has 0 bridgehead atoms. The van der Waals surface area contributed by atoms with E-state index in [4.69, 9.17) is 4.42 Å². The van der Waals surface area contributed by atoms with Crippen LogP contribution in [0.3, 0.4) is 0 Å². The Bertz CT molecular complexity index is 1370. The predicted molar refractivity (Wildman–Crippen MR) is 107 cm³/mol. The zero-order chi connectivity index (χ0) is 20.9. The molecule has 30 heavy (non-hydrogen) atoms. The van der Waals surface area contributed by atoms with Crippen LogP contribution in [0.4, 0.5) is 4.39 Å². The standard InChI is InChI=1S/C21H17FN6O2/c1-21(29,16-5-3-4-6-17(16)22)20-27-26-19(30-20)15-10-24-18-14(15)7-12(8-23-18)13-9-25-28(2)11-13/h3-11,29H,1-2H3,(H,23,24). The fourth-order valence-corrected chi connectivity index (χ4v) is 3.41. The first-order chi connectivity index (χ1) is 14.4. The maximum absolute atomic E-state index is 14.2. The molecular formula is C21H17FN6O2. The summed E-state index contributed by atoms with van der Waals surface area (Å²) in [6, 6.07) is 7.88. The van der Waals surface area contributed by atoms with Crippen molar-refractivity contribution in [2.45, 2.75) is 12.5 Å². The van der Waals surface area contributed by atoms with Gasteiger partial charge in [0.15, 0.2) is 5.60 Å². The zero-order valence-corrected chi connectivity index (χ0v) is 16.2. The van der Waals surface area contributed by atoms with E-state index >= 15 is 0 Å². The molecule has 5 aromatic rings. The summed E-state index contributed by atoms with van der Waals surface area (Å²) in [4.78, 5) is 7.52. The van der Waals surface area contributed by atoms with Gasteiger partial charge in [0.2, 0.25) is 5.89 Å². The smallest absolute Gasteiger partial charge is 0.252 e. The number of halogens is 1. The molecule has 1 aromatic carbocycles. The molecule has 0 saturated carbocycles. The summed E-state index contributed by atoms with van der Waals surface area (Å²) >= 11 is 0. The van der Waals surface area contributed by atoms with E-state index in [1.807, 2.05) is 19.3 Å². The number of rotatable bonds is 4. The normalized spacial score (nSPS) is 13.6. The van der Waals surface area contributed by atoms with Crippen LogP contribution in [-0.2, 0) is 12.6 Å². The van der Waals surface area contributed by atoms with E-state index in [2.05, 4.69) is 25.3 Å². The second-order valence-corrected chi connectivity index (χ2v) is 7.19. The SMILES string of the molecule is Cn1cc(-c2cnc3[nH]cc(-c4nnc(C(C)(O)c5ccccc5F)o4)c3c2)cn1. The highest BCUT2D eigenvalue weighted by molar-refractivity contribution is 5.93. The Morgan fingerprint density at radius 2 is 2.00 bits per heavy atom. The predicted octanol–water partition coefficient (Wildman–Crippen LogP) is 3.41. The van der Waals surface area contributed by atoms with Crippen LogP contribution in [0.25, 0.3) is 33.6 Å². The number of benzene rings is 1. The molecule has 5 rings (SSSR count). The number of hydrogen-bond donors (Lipinski definition) is 2. The minimum atomic E-state index is -1.78. The number of pyridine rings is 1. The van der Waals surface area contributed by atoms with E-state index in [0.29, 0.717) is 11.2 Å². The summed E-state index contributed by atoms with van der Waals surface area (Å²) in [7, 11) is 1.85. The van der Waals surface area contributed by atoms with E-state index in [9.17, 15) is 9.50 Å². The average molecular weight is 404 g/mol. The molecule has 1 unspecified atom stereocenters. The third-order valence-electron chi connectivity index (χ3n) is 5.04. The lowest BCUT2D eigenvalue weighted by Crippen LogP contribution is -2.24. The molecule has 4 heterocycles. The molecule has 2 N–H and O–H groups in total. The molecular weight excluding hydrogens is 387 g/mol. The van der Waals surface area contributed by atoms with Gasteiger partial charge in [-0.15, -0.1) is 10.2 Å². The lowest BCUT2D eigenvalue weighted by molar-refractivity contribution is 0.0675. The van der Waals surface area contributed by atoms with Gasteiger partial charge in [0.25, 0.3) is 5.89 Å². The minimum absolute atomic E-state index is 0.0552. The van der Waals surface area contributed by atoms with Crippen LogP contribution >= 0.6 is 0 Å². The Kier molecular flexibility index (Phi) is 4.00. The second-order valence-electron chi connectivity index (χ2n) is 7.19. The summed E-state index contributed by atoms with van der Waals surface area (Å²) in [5.41, 5.74) is 1.37. The second kappa shape index (κ2) is 6.60. The lowest BCUT2D eigenvalue weighted by Gasteiger charge is -2.19. The number of H-pyrrole nitrogens is 1. The summed E-state index contributed by atoms with van der Waals surface area (Å²) in [5, 5.41) is 23.9. The van der Waals surface area contributed by atoms with E-state index in [1.54, 1.807) is 35.4 Å². The minimum Gasteiger partial charge on any atom is -0.417 e. The number of fused-ring (bicyclic) bond motifs is 1. The van der Waals surface area contributed by atoms with Gasteiger partial charge in [-0.1, -0.05) is 18.2 Å². The highest BCUT2D eigenvalue weighted by Crippen LogP contribution is 2.34. The molecule has 0 aliphatic heterocycles. The Hall–Kier alpha value is -3.85. The third kappa shape index (κ3) is 2.87. The Morgan fingerprint density at radius 1 is 1.17 bits per heavy atom. The van der Waals surface area contributed by atoms with E-state index < -0.39 is 11.4 Å². The van der Waals surface area contributed by atoms with Crippen molar-refractivity contribution >= 4 is 11.0 Å². The molecule has 0 spiro atoms. The largest absolute Gasteiger partial charge is 0.417 e.